The van der Waals surface area contributed by atoms with Crippen LogP contribution < -0.4 is 10.0 Å². The summed E-state index contributed by atoms with van der Waals surface area (Å²) in [7, 11) is -3.64. The summed E-state index contributed by atoms with van der Waals surface area (Å²) >= 11 is 0. The van der Waals surface area contributed by atoms with Gasteiger partial charge in [0, 0.05) is 23.3 Å². The Bertz CT molecular complexity index is 1550. The highest BCUT2D eigenvalue weighted by Gasteiger charge is 2.28. The number of amides is 1. The summed E-state index contributed by atoms with van der Waals surface area (Å²) in [6.45, 7) is 7.71. The number of anilines is 1. The number of nitrogens with zero attached hydrogens (tertiary/aromatic N) is 3. The zero-order valence-corrected chi connectivity index (χ0v) is 20.8. The SMILES string of the molecule is Cc1cc(-c2cc(C(=O)Nc3cccc(S(=O)(=O)NC4CC4)c3)c3cnn(C(C)C)c3n2)c(C)o1. The van der Waals surface area contributed by atoms with E-state index in [2.05, 4.69) is 15.1 Å². The molecule has 1 aliphatic rings. The van der Waals surface area contributed by atoms with Gasteiger partial charge in [0.2, 0.25) is 10.0 Å². The quantitative estimate of drug-likeness (QED) is 0.389. The summed E-state index contributed by atoms with van der Waals surface area (Å²) in [4.78, 5) is 18.4. The van der Waals surface area contributed by atoms with Crippen LogP contribution in [-0.4, -0.2) is 35.1 Å². The van der Waals surface area contributed by atoms with Crippen molar-refractivity contribution in [3.8, 4) is 11.3 Å². The number of fused-ring (bicyclic) bond motifs is 1. The zero-order valence-electron chi connectivity index (χ0n) is 20.0. The molecule has 0 saturated heterocycles. The molecule has 1 aliphatic carbocycles. The van der Waals surface area contributed by atoms with Crippen molar-refractivity contribution in [3.05, 3.63) is 59.7 Å². The number of carbonyl (C=O) groups is 1. The molecule has 0 spiro atoms. The lowest BCUT2D eigenvalue weighted by Crippen LogP contribution is -2.25. The number of benzene rings is 1. The van der Waals surface area contributed by atoms with Gasteiger partial charge in [0.15, 0.2) is 5.65 Å². The second kappa shape index (κ2) is 8.62. The number of hydrogen-bond donors (Lipinski definition) is 2. The monoisotopic (exact) mass is 493 g/mol. The number of nitrogens with one attached hydrogen (secondary N) is 2. The van der Waals surface area contributed by atoms with E-state index in [0.29, 0.717) is 33.7 Å². The third kappa shape index (κ3) is 4.59. The number of aryl methyl sites for hydroxylation is 2. The minimum absolute atomic E-state index is 0.00530. The van der Waals surface area contributed by atoms with Crippen molar-refractivity contribution in [1.29, 1.82) is 0 Å². The molecule has 1 fully saturated rings. The Balaban J connectivity index is 1.54. The Morgan fingerprint density at radius 3 is 2.60 bits per heavy atom. The third-order valence-electron chi connectivity index (χ3n) is 5.92. The van der Waals surface area contributed by atoms with Gasteiger partial charge in [-0.25, -0.2) is 22.8 Å². The van der Waals surface area contributed by atoms with Gasteiger partial charge in [-0.05, 0) is 70.9 Å². The normalized spacial score (nSPS) is 14.1. The van der Waals surface area contributed by atoms with Gasteiger partial charge >= 0.3 is 0 Å². The molecule has 3 aromatic heterocycles. The molecule has 0 bridgehead atoms. The average Bonchev–Trinajstić information content (AvgIpc) is 3.38. The first-order valence-corrected chi connectivity index (χ1v) is 13.0. The minimum atomic E-state index is -3.64. The number of aromatic nitrogens is 3. The first-order chi connectivity index (χ1) is 16.6. The molecule has 35 heavy (non-hydrogen) atoms. The number of sulfonamides is 1. The summed E-state index contributed by atoms with van der Waals surface area (Å²) in [5, 5.41) is 7.91. The van der Waals surface area contributed by atoms with E-state index < -0.39 is 10.0 Å². The Hall–Kier alpha value is -3.50. The van der Waals surface area contributed by atoms with Gasteiger partial charge < -0.3 is 9.73 Å². The molecule has 5 rings (SSSR count). The molecule has 0 atom stereocenters. The maximum atomic E-state index is 13.5. The first-order valence-electron chi connectivity index (χ1n) is 11.5. The molecule has 0 aliphatic heterocycles. The lowest BCUT2D eigenvalue weighted by atomic mass is 10.1. The van der Waals surface area contributed by atoms with Crippen molar-refractivity contribution in [2.75, 3.05) is 5.32 Å². The Morgan fingerprint density at radius 2 is 1.94 bits per heavy atom. The maximum Gasteiger partial charge on any atom is 0.256 e. The molecular formula is C25H27N5O4S. The number of rotatable bonds is 7. The topological polar surface area (TPSA) is 119 Å². The van der Waals surface area contributed by atoms with E-state index in [9.17, 15) is 13.2 Å². The molecule has 1 amide bonds. The third-order valence-corrected chi connectivity index (χ3v) is 7.44. The minimum Gasteiger partial charge on any atom is -0.466 e. The molecule has 2 N–H and O–H groups in total. The van der Waals surface area contributed by atoms with Crippen LogP contribution in [0.25, 0.3) is 22.3 Å². The van der Waals surface area contributed by atoms with E-state index in [1.54, 1.807) is 29.1 Å². The molecule has 1 aromatic carbocycles. The maximum absolute atomic E-state index is 13.5. The van der Waals surface area contributed by atoms with Gasteiger partial charge in [-0.1, -0.05) is 6.07 Å². The highest BCUT2D eigenvalue weighted by atomic mass is 32.2. The molecule has 3 heterocycles. The van der Waals surface area contributed by atoms with Crippen molar-refractivity contribution in [2.24, 2.45) is 0 Å². The van der Waals surface area contributed by atoms with Crippen LogP contribution in [0.4, 0.5) is 5.69 Å². The fourth-order valence-corrected chi connectivity index (χ4v) is 5.39. The predicted molar refractivity (Wildman–Crippen MR) is 133 cm³/mol. The van der Waals surface area contributed by atoms with E-state index in [4.69, 9.17) is 9.40 Å². The lowest BCUT2D eigenvalue weighted by Gasteiger charge is -2.12. The van der Waals surface area contributed by atoms with Crippen molar-refractivity contribution in [3.63, 3.8) is 0 Å². The van der Waals surface area contributed by atoms with E-state index in [-0.39, 0.29) is 22.9 Å². The average molecular weight is 494 g/mol. The molecule has 0 unspecified atom stereocenters. The summed E-state index contributed by atoms with van der Waals surface area (Å²) in [5.41, 5.74) is 2.76. The van der Waals surface area contributed by atoms with E-state index in [1.165, 1.54) is 12.1 Å². The first kappa shape index (κ1) is 23.3. The molecule has 4 aromatic rings. The fraction of sp³-hybridized carbons (Fsp3) is 0.320. The smallest absolute Gasteiger partial charge is 0.256 e. The number of hydrogen-bond acceptors (Lipinski definition) is 6. The number of pyridine rings is 1. The van der Waals surface area contributed by atoms with Crippen molar-refractivity contribution in [2.45, 2.75) is 57.5 Å². The van der Waals surface area contributed by atoms with Crippen LogP contribution in [0.15, 0.2) is 51.9 Å². The van der Waals surface area contributed by atoms with Crippen molar-refractivity contribution >= 4 is 32.7 Å². The second-order valence-electron chi connectivity index (χ2n) is 9.18. The molecule has 182 valence electrons. The molecule has 0 radical (unpaired) electrons. The van der Waals surface area contributed by atoms with E-state index >= 15 is 0 Å². The van der Waals surface area contributed by atoms with Crippen LogP contribution in [-0.2, 0) is 10.0 Å². The standard InChI is InChI=1S/C25H27N5O4S/c1-14(2)30-24-22(13-26-30)21(12-23(28-24)20-10-15(3)34-16(20)4)25(31)27-18-6-5-7-19(11-18)35(32,33)29-17-8-9-17/h5-7,10-14,17,29H,8-9H2,1-4H3,(H,27,31). The lowest BCUT2D eigenvalue weighted by molar-refractivity contribution is 0.102. The zero-order chi connectivity index (χ0) is 24.9. The summed E-state index contributed by atoms with van der Waals surface area (Å²) in [5.74, 6) is 1.07. The van der Waals surface area contributed by atoms with Crippen LogP contribution >= 0.6 is 0 Å². The van der Waals surface area contributed by atoms with Gasteiger partial charge in [-0.2, -0.15) is 5.10 Å². The van der Waals surface area contributed by atoms with Gasteiger partial charge in [0.05, 0.1) is 27.7 Å². The number of furan rings is 1. The van der Waals surface area contributed by atoms with Crippen LogP contribution in [0.5, 0.6) is 0 Å². The Kier molecular flexibility index (Phi) is 5.72. The summed E-state index contributed by atoms with van der Waals surface area (Å²) in [6.07, 6.45) is 3.32. The van der Waals surface area contributed by atoms with Crippen LogP contribution in [0.1, 0.15) is 54.6 Å². The highest BCUT2D eigenvalue weighted by Crippen LogP contribution is 2.31. The van der Waals surface area contributed by atoms with Gasteiger partial charge in [0.1, 0.15) is 11.5 Å². The van der Waals surface area contributed by atoms with E-state index in [0.717, 1.165) is 24.2 Å². The molecule has 1 saturated carbocycles. The van der Waals surface area contributed by atoms with E-state index in [1.807, 2.05) is 33.8 Å². The van der Waals surface area contributed by atoms with Crippen LogP contribution in [0, 0.1) is 13.8 Å². The molecular weight excluding hydrogens is 466 g/mol. The van der Waals surface area contributed by atoms with Crippen molar-refractivity contribution < 1.29 is 17.6 Å². The number of carbonyl (C=O) groups excluding carboxylic acids is 1. The summed E-state index contributed by atoms with van der Waals surface area (Å²) in [6, 6.07) is 9.89. The van der Waals surface area contributed by atoms with Gasteiger partial charge in [-0.3, -0.25) is 4.79 Å². The molecule has 9 nitrogen and oxygen atoms in total. The molecule has 10 heteroatoms. The second-order valence-corrected chi connectivity index (χ2v) is 10.9. The van der Waals surface area contributed by atoms with Crippen LogP contribution in [0.2, 0.25) is 0 Å². The Labute approximate surface area is 203 Å². The van der Waals surface area contributed by atoms with Crippen LogP contribution in [0.3, 0.4) is 0 Å². The predicted octanol–water partition coefficient (Wildman–Crippen LogP) is 4.58. The Morgan fingerprint density at radius 1 is 1.17 bits per heavy atom. The van der Waals surface area contributed by atoms with Crippen molar-refractivity contribution in [1.82, 2.24) is 19.5 Å². The fourth-order valence-electron chi connectivity index (χ4n) is 4.03. The largest absolute Gasteiger partial charge is 0.466 e. The summed E-state index contributed by atoms with van der Waals surface area (Å²) < 4.78 is 35.4. The highest BCUT2D eigenvalue weighted by molar-refractivity contribution is 7.89. The van der Waals surface area contributed by atoms with Gasteiger partial charge in [-0.15, -0.1) is 0 Å². The van der Waals surface area contributed by atoms with Gasteiger partial charge in [0.25, 0.3) is 5.91 Å².